The topological polar surface area (TPSA) is 12.5 Å². The minimum absolute atomic E-state index is 0.674. The smallest absolute Gasteiger partial charge is 0.127 e. The third kappa shape index (κ3) is 4.26. The molecule has 7 aromatic rings. The summed E-state index contributed by atoms with van der Waals surface area (Å²) in [6, 6.07) is 71.4. The molecule has 0 saturated carbocycles. The highest BCUT2D eigenvalue weighted by molar-refractivity contribution is 5.78. The van der Waals surface area contributed by atoms with Gasteiger partial charge in [0.25, 0.3) is 0 Å². The number of rotatable bonds is 7. The molecule has 46 heavy (non-hydrogen) atoms. The molecule has 7 aromatic carbocycles. The first kappa shape index (κ1) is 27.7. The summed E-state index contributed by atoms with van der Waals surface area (Å²) in [5, 5.41) is 0. The van der Waals surface area contributed by atoms with Crippen LogP contribution in [-0.2, 0) is 11.1 Å². The Morgan fingerprint density at radius 3 is 0.978 bits per heavy atom. The first-order valence-corrected chi connectivity index (χ1v) is 15.8. The van der Waals surface area contributed by atoms with Crippen LogP contribution in [-0.4, -0.2) is 0 Å². The van der Waals surface area contributed by atoms with E-state index in [2.05, 4.69) is 175 Å². The molecule has 0 spiro atoms. The number of ether oxygens (including phenoxy) is 1. The summed E-state index contributed by atoms with van der Waals surface area (Å²) in [5.41, 5.74) is 7.05. The molecule has 1 aliphatic heterocycles. The van der Waals surface area contributed by atoms with Gasteiger partial charge in [0.15, 0.2) is 0 Å². The van der Waals surface area contributed by atoms with Crippen molar-refractivity contribution >= 4 is 5.69 Å². The summed E-state index contributed by atoms with van der Waals surface area (Å²) in [7, 11) is 0. The monoisotopic (exact) mass is 591 g/mol. The Morgan fingerprint density at radius 2 is 0.609 bits per heavy atom. The van der Waals surface area contributed by atoms with Crippen molar-refractivity contribution in [2.75, 3.05) is 4.90 Å². The Kier molecular flexibility index (Phi) is 6.96. The minimum Gasteiger partial charge on any atom is -0.457 e. The van der Waals surface area contributed by atoms with Gasteiger partial charge in [-0.25, -0.2) is 0 Å². The standard InChI is InChI=1S/C44H33NO/c1-6-18-34(19-7-1)43(35-20-8-2-9-21-35)41-28-16-17-29-42(41)44(36-22-10-3-11-23-36,37-24-12-4-13-25-37)45(43)38-30-32-40(33-31-38)46-39-26-14-5-15-27-39/h1-33H. The van der Waals surface area contributed by atoms with E-state index in [1.54, 1.807) is 0 Å². The molecule has 0 aliphatic carbocycles. The number of fused-ring (bicyclic) bond motifs is 1. The van der Waals surface area contributed by atoms with Gasteiger partial charge in [-0.2, -0.15) is 0 Å². The van der Waals surface area contributed by atoms with Crippen LogP contribution in [0.15, 0.2) is 200 Å². The van der Waals surface area contributed by atoms with Gasteiger partial charge in [-0.05, 0) is 69.8 Å². The van der Waals surface area contributed by atoms with Crippen LogP contribution in [0, 0.1) is 0 Å². The zero-order valence-electron chi connectivity index (χ0n) is 25.4. The van der Waals surface area contributed by atoms with Crippen molar-refractivity contribution in [2.24, 2.45) is 0 Å². The summed E-state index contributed by atoms with van der Waals surface area (Å²) < 4.78 is 6.28. The van der Waals surface area contributed by atoms with E-state index in [0.29, 0.717) is 0 Å². The summed E-state index contributed by atoms with van der Waals surface area (Å²) >= 11 is 0. The van der Waals surface area contributed by atoms with E-state index in [-0.39, 0.29) is 0 Å². The predicted octanol–water partition coefficient (Wildman–Crippen LogP) is 10.6. The van der Waals surface area contributed by atoms with Crippen molar-refractivity contribution < 1.29 is 4.74 Å². The molecule has 0 amide bonds. The third-order valence-corrected chi connectivity index (χ3v) is 9.22. The van der Waals surface area contributed by atoms with Gasteiger partial charge in [0.05, 0.1) is 0 Å². The maximum Gasteiger partial charge on any atom is 0.127 e. The maximum atomic E-state index is 6.28. The van der Waals surface area contributed by atoms with Crippen LogP contribution in [0.3, 0.4) is 0 Å². The number of hydrogen-bond acceptors (Lipinski definition) is 2. The van der Waals surface area contributed by atoms with Crippen LogP contribution in [0.2, 0.25) is 0 Å². The van der Waals surface area contributed by atoms with Crippen LogP contribution in [0.5, 0.6) is 11.5 Å². The molecule has 0 atom stereocenters. The van der Waals surface area contributed by atoms with Crippen LogP contribution in [0.4, 0.5) is 5.69 Å². The molecule has 0 fully saturated rings. The first-order chi connectivity index (χ1) is 22.8. The van der Waals surface area contributed by atoms with Gasteiger partial charge >= 0.3 is 0 Å². The second-order valence-corrected chi connectivity index (χ2v) is 11.7. The van der Waals surface area contributed by atoms with Crippen molar-refractivity contribution in [1.82, 2.24) is 0 Å². The zero-order valence-corrected chi connectivity index (χ0v) is 25.4. The molecule has 0 aromatic heterocycles. The lowest BCUT2D eigenvalue weighted by molar-refractivity contribution is 0.480. The predicted molar refractivity (Wildman–Crippen MR) is 187 cm³/mol. The Morgan fingerprint density at radius 1 is 0.304 bits per heavy atom. The van der Waals surface area contributed by atoms with Gasteiger partial charge in [-0.3, -0.25) is 0 Å². The Hall–Kier alpha value is -5.86. The first-order valence-electron chi connectivity index (χ1n) is 15.8. The molecular weight excluding hydrogens is 558 g/mol. The van der Waals surface area contributed by atoms with Crippen LogP contribution in [0.1, 0.15) is 33.4 Å². The number of para-hydroxylation sites is 1. The van der Waals surface area contributed by atoms with Crippen molar-refractivity contribution in [3.05, 3.63) is 234 Å². The maximum absolute atomic E-state index is 6.28. The SMILES string of the molecule is c1ccc(Oc2ccc(N3C(c4ccccc4)(c4ccccc4)c4ccccc4C3(c3ccccc3)c3ccccc3)cc2)cc1. The molecule has 1 heterocycles. The highest BCUT2D eigenvalue weighted by Gasteiger charge is 2.61. The molecule has 1 aliphatic rings. The van der Waals surface area contributed by atoms with E-state index in [4.69, 9.17) is 4.74 Å². The Labute approximate surface area is 270 Å². The molecule has 0 saturated heterocycles. The summed E-state index contributed by atoms with van der Waals surface area (Å²) in [5.74, 6) is 1.61. The van der Waals surface area contributed by atoms with Gasteiger partial charge < -0.3 is 9.64 Å². The minimum atomic E-state index is -0.674. The number of hydrogen-bond donors (Lipinski definition) is 0. The lowest BCUT2D eigenvalue weighted by Gasteiger charge is -2.50. The molecule has 0 N–H and O–H groups in total. The highest BCUT2D eigenvalue weighted by Crippen LogP contribution is 2.62. The quantitative estimate of drug-likeness (QED) is 0.183. The average molecular weight is 592 g/mol. The van der Waals surface area contributed by atoms with Crippen LogP contribution < -0.4 is 9.64 Å². The van der Waals surface area contributed by atoms with E-state index < -0.39 is 11.1 Å². The number of anilines is 1. The van der Waals surface area contributed by atoms with Crippen molar-refractivity contribution in [3.8, 4) is 11.5 Å². The highest BCUT2D eigenvalue weighted by atomic mass is 16.5. The van der Waals surface area contributed by atoms with Crippen LogP contribution in [0.25, 0.3) is 0 Å². The summed E-state index contributed by atoms with van der Waals surface area (Å²) in [6.45, 7) is 0. The second kappa shape index (κ2) is 11.6. The third-order valence-electron chi connectivity index (χ3n) is 9.22. The Bertz CT molecular complexity index is 1850. The molecular formula is C44H33NO. The van der Waals surface area contributed by atoms with Gasteiger partial charge in [0.1, 0.15) is 22.6 Å². The molecule has 220 valence electrons. The van der Waals surface area contributed by atoms with Gasteiger partial charge in [0, 0.05) is 5.69 Å². The van der Waals surface area contributed by atoms with Gasteiger partial charge in [0.2, 0.25) is 0 Å². The number of benzene rings is 7. The van der Waals surface area contributed by atoms with Crippen molar-refractivity contribution in [2.45, 2.75) is 11.1 Å². The lowest BCUT2D eigenvalue weighted by Crippen LogP contribution is -2.54. The fourth-order valence-corrected chi connectivity index (χ4v) is 7.47. The lowest BCUT2D eigenvalue weighted by atomic mass is 9.76. The van der Waals surface area contributed by atoms with Crippen molar-refractivity contribution in [3.63, 3.8) is 0 Å². The fraction of sp³-hybridized carbons (Fsp3) is 0.0455. The fourth-order valence-electron chi connectivity index (χ4n) is 7.47. The van der Waals surface area contributed by atoms with Crippen molar-refractivity contribution in [1.29, 1.82) is 0 Å². The molecule has 0 unspecified atom stereocenters. The van der Waals surface area contributed by atoms with Crippen LogP contribution >= 0.6 is 0 Å². The molecule has 2 nitrogen and oxygen atoms in total. The second-order valence-electron chi connectivity index (χ2n) is 11.7. The van der Waals surface area contributed by atoms with Gasteiger partial charge in [-0.15, -0.1) is 0 Å². The molecule has 0 bridgehead atoms. The van der Waals surface area contributed by atoms with E-state index in [0.717, 1.165) is 17.2 Å². The number of nitrogens with zero attached hydrogens (tertiary/aromatic N) is 1. The summed E-state index contributed by atoms with van der Waals surface area (Å²) in [4.78, 5) is 2.66. The zero-order chi connectivity index (χ0) is 30.8. The van der Waals surface area contributed by atoms with E-state index in [1.807, 2.05) is 30.3 Å². The van der Waals surface area contributed by atoms with E-state index >= 15 is 0 Å². The van der Waals surface area contributed by atoms with E-state index in [1.165, 1.54) is 33.4 Å². The molecule has 0 radical (unpaired) electrons. The molecule has 2 heteroatoms. The van der Waals surface area contributed by atoms with Gasteiger partial charge in [-0.1, -0.05) is 164 Å². The molecule has 8 rings (SSSR count). The van der Waals surface area contributed by atoms with E-state index in [9.17, 15) is 0 Å². The normalized spacial score (nSPS) is 14.4. The Balaban J connectivity index is 1.50. The largest absolute Gasteiger partial charge is 0.457 e. The average Bonchev–Trinajstić information content (AvgIpc) is 3.43. The summed E-state index contributed by atoms with van der Waals surface area (Å²) in [6.07, 6.45) is 0.